The van der Waals surface area contributed by atoms with Gasteiger partial charge in [-0.05, 0) is 30.5 Å². The Bertz CT molecular complexity index is 606. The number of nitrogens with zero attached hydrogens (tertiary/aromatic N) is 1. The average Bonchev–Trinajstić information content (AvgIpc) is 2.57. The van der Waals surface area contributed by atoms with Crippen molar-refractivity contribution >= 4 is 12.4 Å². The highest BCUT2D eigenvalue weighted by atomic mass is 31.2. The Morgan fingerprint density at radius 3 is 2.43 bits per heavy atom. The summed E-state index contributed by atoms with van der Waals surface area (Å²) in [5, 5.41) is 0.959. The molecule has 1 heterocycles. The molecule has 21 heavy (non-hydrogen) atoms. The maximum absolute atomic E-state index is 13.9. The highest BCUT2D eigenvalue weighted by molar-refractivity contribution is 7.71. The first-order valence-electron chi connectivity index (χ1n) is 7.82. The molecule has 0 radical (unpaired) electrons. The first-order valence-corrected chi connectivity index (χ1v) is 9.78. The van der Waals surface area contributed by atoms with E-state index < -0.39 is 7.14 Å². The molecule has 2 aromatic rings. The van der Waals surface area contributed by atoms with Crippen molar-refractivity contribution in [1.29, 1.82) is 0 Å². The summed E-state index contributed by atoms with van der Waals surface area (Å²) in [6, 6.07) is 14.2. The van der Waals surface area contributed by atoms with Gasteiger partial charge < -0.3 is 4.57 Å². The third-order valence-electron chi connectivity index (χ3n) is 4.51. The molecule has 0 saturated heterocycles. The van der Waals surface area contributed by atoms with Crippen LogP contribution in [0, 0.1) is 0 Å². The van der Waals surface area contributed by atoms with Crippen LogP contribution in [0.15, 0.2) is 54.9 Å². The molecule has 0 bridgehead atoms. The summed E-state index contributed by atoms with van der Waals surface area (Å²) >= 11 is 0. The maximum atomic E-state index is 13.9. The van der Waals surface area contributed by atoms with Crippen LogP contribution in [-0.4, -0.2) is 10.6 Å². The highest BCUT2D eigenvalue weighted by Gasteiger charge is 2.35. The van der Waals surface area contributed by atoms with Crippen molar-refractivity contribution in [3.8, 4) is 0 Å². The molecule has 0 N–H and O–H groups in total. The average molecular weight is 299 g/mol. The normalized spacial score (nSPS) is 19.0. The minimum absolute atomic E-state index is 0.329. The Hall–Kier alpha value is -1.40. The minimum Gasteiger partial charge on any atom is -0.318 e. The molecular formula is C18H22NOP. The zero-order valence-electron chi connectivity index (χ0n) is 12.3. The van der Waals surface area contributed by atoms with E-state index in [0.29, 0.717) is 11.8 Å². The number of hydrogen-bond acceptors (Lipinski definition) is 2. The van der Waals surface area contributed by atoms with Gasteiger partial charge in [0, 0.05) is 29.5 Å². The van der Waals surface area contributed by atoms with E-state index in [0.717, 1.165) is 18.1 Å². The van der Waals surface area contributed by atoms with E-state index in [2.05, 4.69) is 17.1 Å². The summed E-state index contributed by atoms with van der Waals surface area (Å²) in [6.45, 7) is 0. The summed E-state index contributed by atoms with van der Waals surface area (Å²) in [5.41, 5.74) is 1.51. The molecule has 1 unspecified atom stereocenters. The molecule has 0 spiro atoms. The van der Waals surface area contributed by atoms with Crippen molar-refractivity contribution in [2.45, 2.75) is 43.9 Å². The number of rotatable bonds is 4. The zero-order valence-corrected chi connectivity index (χ0v) is 13.2. The number of aromatic nitrogens is 1. The summed E-state index contributed by atoms with van der Waals surface area (Å²) in [5.74, 6) is 0. The van der Waals surface area contributed by atoms with Crippen LogP contribution in [0.4, 0.5) is 0 Å². The largest absolute Gasteiger partial charge is 0.318 e. The Balaban J connectivity index is 1.96. The number of benzene rings is 1. The standard InChI is InChI=1S/C18H22NOP/c20-21(17-10-5-2-6-11-17,18-12-7-13-19-14-18)15-16-8-3-1-4-9-16/h1,3-4,7-9,12-14,17H,2,5-6,10-11,15H2. The molecule has 1 atom stereocenters. The maximum Gasteiger partial charge on any atom is 0.124 e. The first-order chi connectivity index (χ1) is 10.3. The van der Waals surface area contributed by atoms with E-state index in [4.69, 9.17) is 0 Å². The molecule has 3 heteroatoms. The third kappa shape index (κ3) is 3.27. The highest BCUT2D eigenvalue weighted by Crippen LogP contribution is 2.56. The van der Waals surface area contributed by atoms with Crippen LogP contribution in [0.2, 0.25) is 0 Å². The van der Waals surface area contributed by atoms with E-state index in [1.165, 1.54) is 24.8 Å². The van der Waals surface area contributed by atoms with Crippen molar-refractivity contribution in [3.05, 3.63) is 60.4 Å². The Kier molecular flexibility index (Phi) is 4.55. The molecule has 2 nitrogen and oxygen atoms in total. The fraction of sp³-hybridized carbons (Fsp3) is 0.389. The van der Waals surface area contributed by atoms with Gasteiger partial charge in [0.25, 0.3) is 0 Å². The van der Waals surface area contributed by atoms with Gasteiger partial charge in [0.15, 0.2) is 0 Å². The van der Waals surface area contributed by atoms with E-state index in [1.807, 2.05) is 36.5 Å². The predicted octanol–water partition coefficient (Wildman–Crippen LogP) is 4.60. The lowest BCUT2D eigenvalue weighted by Crippen LogP contribution is -2.22. The van der Waals surface area contributed by atoms with Crippen molar-refractivity contribution in [1.82, 2.24) is 4.98 Å². The second-order valence-electron chi connectivity index (χ2n) is 5.94. The van der Waals surface area contributed by atoms with Crippen LogP contribution in [0.3, 0.4) is 0 Å². The van der Waals surface area contributed by atoms with Crippen LogP contribution in [0.1, 0.15) is 37.7 Å². The second kappa shape index (κ2) is 6.58. The SMILES string of the molecule is O=P(Cc1ccccc1)(c1cccnc1)C1CCCCC1. The molecule has 1 aliphatic rings. The van der Waals surface area contributed by atoms with Crippen LogP contribution >= 0.6 is 7.14 Å². The molecule has 1 aromatic heterocycles. The van der Waals surface area contributed by atoms with Gasteiger partial charge >= 0.3 is 0 Å². The smallest absolute Gasteiger partial charge is 0.124 e. The predicted molar refractivity (Wildman–Crippen MR) is 88.5 cm³/mol. The van der Waals surface area contributed by atoms with E-state index >= 15 is 0 Å². The topological polar surface area (TPSA) is 30.0 Å². The van der Waals surface area contributed by atoms with E-state index in [1.54, 1.807) is 6.20 Å². The summed E-state index contributed by atoms with van der Waals surface area (Å²) in [6.07, 6.45) is 10.2. The van der Waals surface area contributed by atoms with E-state index in [9.17, 15) is 4.57 Å². The summed E-state index contributed by atoms with van der Waals surface area (Å²) in [7, 11) is -2.43. The molecule has 1 fully saturated rings. The van der Waals surface area contributed by atoms with Gasteiger partial charge in [0.05, 0.1) is 0 Å². The van der Waals surface area contributed by atoms with Gasteiger partial charge in [-0.2, -0.15) is 0 Å². The van der Waals surface area contributed by atoms with Crippen molar-refractivity contribution in [2.75, 3.05) is 0 Å². The molecule has 1 saturated carbocycles. The van der Waals surface area contributed by atoms with Gasteiger partial charge in [0.2, 0.25) is 0 Å². The first kappa shape index (κ1) is 14.5. The Morgan fingerprint density at radius 2 is 1.76 bits per heavy atom. The molecular weight excluding hydrogens is 277 g/mol. The second-order valence-corrected chi connectivity index (χ2v) is 9.10. The summed E-state index contributed by atoms with van der Waals surface area (Å²) < 4.78 is 13.9. The van der Waals surface area contributed by atoms with Crippen LogP contribution in [-0.2, 0) is 10.7 Å². The van der Waals surface area contributed by atoms with Gasteiger partial charge in [0.1, 0.15) is 7.14 Å². The van der Waals surface area contributed by atoms with Crippen molar-refractivity contribution < 1.29 is 4.57 Å². The molecule has 0 aliphatic heterocycles. The Labute approximate surface area is 127 Å². The van der Waals surface area contributed by atoms with Crippen LogP contribution in [0.5, 0.6) is 0 Å². The fourth-order valence-corrected chi connectivity index (χ4v) is 6.78. The number of pyridine rings is 1. The molecule has 3 rings (SSSR count). The minimum atomic E-state index is -2.43. The van der Waals surface area contributed by atoms with Gasteiger partial charge in [-0.15, -0.1) is 0 Å². The van der Waals surface area contributed by atoms with Crippen molar-refractivity contribution in [2.24, 2.45) is 0 Å². The monoisotopic (exact) mass is 299 g/mol. The summed E-state index contributed by atoms with van der Waals surface area (Å²) in [4.78, 5) is 4.22. The van der Waals surface area contributed by atoms with Crippen LogP contribution < -0.4 is 5.30 Å². The lowest BCUT2D eigenvalue weighted by Gasteiger charge is -2.31. The van der Waals surface area contributed by atoms with Gasteiger partial charge in [-0.25, -0.2) is 0 Å². The lowest BCUT2D eigenvalue weighted by molar-refractivity contribution is 0.486. The van der Waals surface area contributed by atoms with Crippen molar-refractivity contribution in [3.63, 3.8) is 0 Å². The molecule has 1 aromatic carbocycles. The quantitative estimate of drug-likeness (QED) is 0.772. The van der Waals surface area contributed by atoms with E-state index in [-0.39, 0.29) is 0 Å². The Morgan fingerprint density at radius 1 is 1.00 bits per heavy atom. The fourth-order valence-electron chi connectivity index (χ4n) is 3.36. The number of hydrogen-bond donors (Lipinski definition) is 0. The molecule has 0 amide bonds. The van der Waals surface area contributed by atoms with Crippen LogP contribution in [0.25, 0.3) is 0 Å². The lowest BCUT2D eigenvalue weighted by atomic mass is 10.0. The van der Waals surface area contributed by atoms with Gasteiger partial charge in [-0.3, -0.25) is 4.98 Å². The van der Waals surface area contributed by atoms with Gasteiger partial charge in [-0.1, -0.05) is 49.6 Å². The molecule has 1 aliphatic carbocycles. The molecule has 110 valence electrons. The third-order valence-corrected chi connectivity index (χ3v) is 8.18. The zero-order chi connectivity index (χ0) is 14.5.